The van der Waals surface area contributed by atoms with Crippen molar-refractivity contribution in [2.24, 2.45) is 0 Å². The van der Waals surface area contributed by atoms with Crippen molar-refractivity contribution in [3.8, 4) is 11.5 Å². The number of nitrogens with zero attached hydrogens (tertiary/aromatic N) is 2. The van der Waals surface area contributed by atoms with Gasteiger partial charge in [-0.05, 0) is 54.8 Å². The molecule has 7 heteroatoms. The summed E-state index contributed by atoms with van der Waals surface area (Å²) in [5.41, 5.74) is 3.72. The lowest BCUT2D eigenvalue weighted by molar-refractivity contribution is 0.124. The van der Waals surface area contributed by atoms with Crippen LogP contribution in [0.2, 0.25) is 0 Å². The highest BCUT2D eigenvalue weighted by atomic mass is 16.5. The molecule has 3 heterocycles. The summed E-state index contributed by atoms with van der Waals surface area (Å²) in [5.74, 6) is 1.34. The van der Waals surface area contributed by atoms with Crippen LogP contribution < -0.4 is 4.74 Å². The number of hydrogen-bond acceptors (Lipinski definition) is 4. The minimum Gasteiger partial charge on any atom is -0.504 e. The van der Waals surface area contributed by atoms with Gasteiger partial charge in [-0.1, -0.05) is 6.07 Å². The van der Waals surface area contributed by atoms with E-state index in [4.69, 9.17) is 9.47 Å². The van der Waals surface area contributed by atoms with Crippen LogP contribution in [0, 0.1) is 0 Å². The van der Waals surface area contributed by atoms with Gasteiger partial charge in [-0.25, -0.2) is 9.78 Å². The molecule has 144 valence electrons. The van der Waals surface area contributed by atoms with Crippen LogP contribution >= 0.6 is 0 Å². The Morgan fingerprint density at radius 2 is 2.21 bits per heavy atom. The molecule has 1 aliphatic heterocycles. The first-order chi connectivity index (χ1) is 13.6. The molecule has 3 aromatic rings. The zero-order valence-corrected chi connectivity index (χ0v) is 15.7. The summed E-state index contributed by atoms with van der Waals surface area (Å²) in [6.45, 7) is 2.41. The molecule has 7 nitrogen and oxygen atoms in total. The van der Waals surface area contributed by atoms with Crippen molar-refractivity contribution in [3.63, 3.8) is 0 Å². The summed E-state index contributed by atoms with van der Waals surface area (Å²) in [7, 11) is 1.59. The maximum Gasteiger partial charge on any atom is 0.407 e. The SMILES string of the molecule is CO/C=C/c1cc2c(Oc3ccc4c(c3)[C@H](C)N(C(=O)O)CC4)ccnc2[nH]1. The van der Waals surface area contributed by atoms with Gasteiger partial charge < -0.3 is 24.5 Å². The third-order valence-electron chi connectivity index (χ3n) is 5.03. The number of amides is 1. The van der Waals surface area contributed by atoms with Gasteiger partial charge in [-0.2, -0.15) is 0 Å². The zero-order chi connectivity index (χ0) is 19.7. The van der Waals surface area contributed by atoms with E-state index in [9.17, 15) is 9.90 Å². The lowest BCUT2D eigenvalue weighted by Crippen LogP contribution is -2.37. The summed E-state index contributed by atoms with van der Waals surface area (Å²) in [5, 5.41) is 10.2. The van der Waals surface area contributed by atoms with Crippen LogP contribution in [0.3, 0.4) is 0 Å². The number of methoxy groups -OCH3 is 1. The van der Waals surface area contributed by atoms with E-state index in [1.807, 2.05) is 43.3 Å². The fraction of sp³-hybridized carbons (Fsp3) is 0.238. The lowest BCUT2D eigenvalue weighted by Gasteiger charge is -2.33. The van der Waals surface area contributed by atoms with Crippen LogP contribution in [0.5, 0.6) is 11.5 Å². The zero-order valence-electron chi connectivity index (χ0n) is 15.7. The third-order valence-corrected chi connectivity index (χ3v) is 5.03. The lowest BCUT2D eigenvalue weighted by atomic mass is 9.93. The molecule has 1 amide bonds. The van der Waals surface area contributed by atoms with Gasteiger partial charge >= 0.3 is 6.09 Å². The molecule has 0 fully saturated rings. The largest absolute Gasteiger partial charge is 0.504 e. The number of pyridine rings is 1. The quantitative estimate of drug-likeness (QED) is 0.649. The normalized spacial score (nSPS) is 16.4. The Hall–Kier alpha value is -3.48. The first kappa shape index (κ1) is 17.9. The number of ether oxygens (including phenoxy) is 2. The van der Waals surface area contributed by atoms with E-state index in [1.165, 1.54) is 4.90 Å². The molecule has 0 unspecified atom stereocenters. The monoisotopic (exact) mass is 379 g/mol. The van der Waals surface area contributed by atoms with E-state index in [0.717, 1.165) is 27.9 Å². The molecule has 28 heavy (non-hydrogen) atoms. The summed E-state index contributed by atoms with van der Waals surface area (Å²) >= 11 is 0. The van der Waals surface area contributed by atoms with E-state index in [-0.39, 0.29) is 6.04 Å². The second-order valence-corrected chi connectivity index (χ2v) is 6.70. The number of fused-ring (bicyclic) bond motifs is 2. The van der Waals surface area contributed by atoms with E-state index in [2.05, 4.69) is 9.97 Å². The van der Waals surface area contributed by atoms with E-state index < -0.39 is 6.09 Å². The van der Waals surface area contributed by atoms with Crippen molar-refractivity contribution >= 4 is 23.2 Å². The van der Waals surface area contributed by atoms with Gasteiger partial charge in [0.2, 0.25) is 0 Å². The Morgan fingerprint density at radius 1 is 1.36 bits per heavy atom. The number of H-pyrrole nitrogens is 1. The number of nitrogens with one attached hydrogen (secondary N) is 1. The molecule has 0 bridgehead atoms. The molecule has 0 saturated carbocycles. The van der Waals surface area contributed by atoms with Crippen molar-refractivity contribution in [2.45, 2.75) is 19.4 Å². The Balaban J connectivity index is 1.66. The Labute approximate surface area is 162 Å². The maximum atomic E-state index is 11.4. The van der Waals surface area contributed by atoms with Crippen LogP contribution in [0.1, 0.15) is 29.8 Å². The second-order valence-electron chi connectivity index (χ2n) is 6.70. The Morgan fingerprint density at radius 3 is 3.00 bits per heavy atom. The van der Waals surface area contributed by atoms with Crippen LogP contribution in [-0.2, 0) is 11.2 Å². The fourth-order valence-electron chi connectivity index (χ4n) is 3.59. The van der Waals surface area contributed by atoms with Gasteiger partial charge in [-0.3, -0.25) is 0 Å². The van der Waals surface area contributed by atoms with Crippen LogP contribution in [0.25, 0.3) is 17.1 Å². The van der Waals surface area contributed by atoms with Crippen molar-refractivity contribution in [1.29, 1.82) is 0 Å². The summed E-state index contributed by atoms with van der Waals surface area (Å²) in [6.07, 6.45) is 4.89. The number of rotatable bonds is 4. The summed E-state index contributed by atoms with van der Waals surface area (Å²) < 4.78 is 11.1. The highest BCUT2D eigenvalue weighted by Gasteiger charge is 2.27. The van der Waals surface area contributed by atoms with Crippen molar-refractivity contribution in [2.75, 3.05) is 13.7 Å². The smallest absolute Gasteiger partial charge is 0.407 e. The average molecular weight is 379 g/mol. The van der Waals surface area contributed by atoms with Crippen molar-refractivity contribution in [1.82, 2.24) is 14.9 Å². The minimum atomic E-state index is -0.899. The molecular formula is C21H21N3O4. The molecule has 0 radical (unpaired) electrons. The van der Waals surface area contributed by atoms with Gasteiger partial charge in [0.15, 0.2) is 0 Å². The first-order valence-corrected chi connectivity index (χ1v) is 9.04. The van der Waals surface area contributed by atoms with Gasteiger partial charge in [0.1, 0.15) is 17.1 Å². The second kappa shape index (κ2) is 7.26. The van der Waals surface area contributed by atoms with Crippen LogP contribution in [0.4, 0.5) is 4.79 Å². The highest BCUT2D eigenvalue weighted by molar-refractivity contribution is 5.85. The highest BCUT2D eigenvalue weighted by Crippen LogP contribution is 2.35. The molecule has 0 aliphatic carbocycles. The molecular weight excluding hydrogens is 358 g/mol. The Kier molecular flexibility index (Phi) is 4.65. The molecule has 1 aliphatic rings. The van der Waals surface area contributed by atoms with Crippen LogP contribution in [0.15, 0.2) is 42.8 Å². The van der Waals surface area contributed by atoms with Crippen molar-refractivity contribution < 1.29 is 19.4 Å². The molecule has 4 rings (SSSR count). The standard InChI is InChI=1S/C21H21N3O4/c1-13-17-12-16(4-3-14(17)6-9-24(13)21(25)26)28-19-5-8-22-20-18(19)11-15(23-20)7-10-27-2/h3-5,7-8,10-13H,6,9H2,1-2H3,(H,22,23)(H,25,26)/b10-7+/t13-/m0/s1. The average Bonchev–Trinajstić information content (AvgIpc) is 3.11. The molecule has 0 saturated heterocycles. The van der Waals surface area contributed by atoms with Gasteiger partial charge in [0.05, 0.1) is 24.8 Å². The van der Waals surface area contributed by atoms with Gasteiger partial charge in [0, 0.05) is 18.4 Å². The van der Waals surface area contributed by atoms with Gasteiger partial charge in [-0.15, -0.1) is 0 Å². The van der Waals surface area contributed by atoms with E-state index in [0.29, 0.717) is 24.5 Å². The number of carbonyl (C=O) groups is 1. The predicted molar refractivity (Wildman–Crippen MR) is 106 cm³/mol. The Bertz CT molecular complexity index is 1060. The number of benzene rings is 1. The van der Waals surface area contributed by atoms with Crippen molar-refractivity contribution in [3.05, 3.63) is 59.6 Å². The van der Waals surface area contributed by atoms with Gasteiger partial charge in [0.25, 0.3) is 0 Å². The first-order valence-electron chi connectivity index (χ1n) is 9.04. The number of aromatic amines is 1. The fourth-order valence-corrected chi connectivity index (χ4v) is 3.59. The van der Waals surface area contributed by atoms with Crippen LogP contribution in [-0.4, -0.2) is 39.7 Å². The van der Waals surface area contributed by atoms with E-state index >= 15 is 0 Å². The number of carboxylic acid groups (broad SMARTS) is 1. The number of aromatic nitrogens is 2. The minimum absolute atomic E-state index is 0.208. The maximum absolute atomic E-state index is 11.4. The summed E-state index contributed by atoms with van der Waals surface area (Å²) in [6, 6.07) is 9.42. The van der Waals surface area contributed by atoms with E-state index in [1.54, 1.807) is 19.6 Å². The summed E-state index contributed by atoms with van der Waals surface area (Å²) in [4.78, 5) is 20.4. The molecule has 1 aromatic carbocycles. The molecule has 1 atom stereocenters. The third kappa shape index (κ3) is 3.26. The molecule has 2 aromatic heterocycles. The number of hydrogen-bond donors (Lipinski definition) is 2. The topological polar surface area (TPSA) is 87.7 Å². The predicted octanol–water partition coefficient (Wildman–Crippen LogP) is 4.57. The molecule has 2 N–H and O–H groups in total. The molecule has 0 spiro atoms.